The van der Waals surface area contributed by atoms with Crippen LogP contribution in [-0.2, 0) is 4.79 Å². The number of benzene rings is 1. The number of carboxylic acids is 1. The van der Waals surface area contributed by atoms with Gasteiger partial charge in [-0.3, -0.25) is 4.79 Å². The Morgan fingerprint density at radius 2 is 2.14 bits per heavy atom. The summed E-state index contributed by atoms with van der Waals surface area (Å²) in [4.78, 5) is 22.0. The van der Waals surface area contributed by atoms with Crippen LogP contribution in [0.3, 0.4) is 0 Å². The minimum absolute atomic E-state index is 0.0000978. The van der Waals surface area contributed by atoms with Gasteiger partial charge in [-0.25, -0.2) is 4.79 Å². The Labute approximate surface area is 128 Å². The molecule has 0 atom stereocenters. The van der Waals surface area contributed by atoms with Gasteiger partial charge in [-0.15, -0.1) is 0 Å². The van der Waals surface area contributed by atoms with Crippen molar-refractivity contribution in [3.8, 4) is 11.8 Å². The molecule has 0 radical (unpaired) electrons. The quantitative estimate of drug-likeness (QED) is 0.669. The van der Waals surface area contributed by atoms with E-state index in [1.165, 1.54) is 6.07 Å². The predicted octanol–water partition coefficient (Wildman–Crippen LogP) is 2.33. The van der Waals surface area contributed by atoms with E-state index in [0.29, 0.717) is 23.4 Å². The van der Waals surface area contributed by atoms with Crippen molar-refractivity contribution in [1.82, 2.24) is 5.32 Å². The third kappa shape index (κ3) is 6.13. The summed E-state index contributed by atoms with van der Waals surface area (Å²) in [5.41, 5.74) is 0.792. The van der Waals surface area contributed by atoms with Gasteiger partial charge in [-0.1, -0.05) is 0 Å². The van der Waals surface area contributed by atoms with Gasteiger partial charge in [0, 0.05) is 18.7 Å². The molecule has 0 unspecified atom stereocenters. The molecule has 0 saturated heterocycles. The Balaban J connectivity index is 2.57. The first-order valence-corrected chi connectivity index (χ1v) is 6.90. The number of hydrogen-bond donors (Lipinski definition) is 3. The van der Waals surface area contributed by atoms with Crippen molar-refractivity contribution in [2.24, 2.45) is 0 Å². The van der Waals surface area contributed by atoms with Crippen LogP contribution in [0.1, 0.15) is 32.3 Å². The van der Waals surface area contributed by atoms with Crippen LogP contribution >= 0.6 is 0 Å². The molecule has 118 valence electrons. The maximum absolute atomic E-state index is 11.6. The highest BCUT2D eigenvalue weighted by Crippen LogP contribution is 2.23. The van der Waals surface area contributed by atoms with E-state index in [0.717, 1.165) is 0 Å². The average Bonchev–Trinajstić information content (AvgIpc) is 2.44. The fourth-order valence-electron chi connectivity index (χ4n) is 1.67. The summed E-state index contributed by atoms with van der Waals surface area (Å²) in [6, 6.07) is 6.35. The summed E-state index contributed by atoms with van der Waals surface area (Å²) in [6.07, 6.45) is 0.302. The highest BCUT2D eigenvalue weighted by molar-refractivity contribution is 5.89. The zero-order valence-corrected chi connectivity index (χ0v) is 12.5. The number of rotatable bonds is 7. The number of nitriles is 1. The number of carbonyl (C=O) groups is 2. The molecule has 0 heterocycles. The summed E-state index contributed by atoms with van der Waals surface area (Å²) < 4.78 is 5.49. The van der Waals surface area contributed by atoms with Gasteiger partial charge < -0.3 is 20.5 Å². The maximum Gasteiger partial charge on any atom is 0.319 e. The van der Waals surface area contributed by atoms with Gasteiger partial charge in [0.25, 0.3) is 0 Å². The maximum atomic E-state index is 11.6. The van der Waals surface area contributed by atoms with Gasteiger partial charge in [-0.2, -0.15) is 5.26 Å². The lowest BCUT2D eigenvalue weighted by Gasteiger charge is -2.13. The van der Waals surface area contributed by atoms with E-state index in [2.05, 4.69) is 10.6 Å². The van der Waals surface area contributed by atoms with Crippen LogP contribution in [0.15, 0.2) is 18.2 Å². The summed E-state index contributed by atoms with van der Waals surface area (Å²) in [5, 5.41) is 22.7. The minimum Gasteiger partial charge on any atom is -0.490 e. The van der Waals surface area contributed by atoms with E-state index in [4.69, 9.17) is 15.1 Å². The van der Waals surface area contributed by atoms with Gasteiger partial charge in [0.05, 0.1) is 11.7 Å². The van der Waals surface area contributed by atoms with Crippen molar-refractivity contribution in [3.63, 3.8) is 0 Å². The number of nitrogens with zero attached hydrogens (tertiary/aromatic N) is 1. The van der Waals surface area contributed by atoms with Gasteiger partial charge in [-0.05, 0) is 38.5 Å². The molecule has 1 aromatic rings. The molecular weight excluding hydrogens is 286 g/mol. The first kappa shape index (κ1) is 17.3. The van der Waals surface area contributed by atoms with Gasteiger partial charge in [0.15, 0.2) is 0 Å². The molecule has 0 aromatic heterocycles. The van der Waals surface area contributed by atoms with E-state index in [1.807, 2.05) is 19.9 Å². The topological polar surface area (TPSA) is 111 Å². The number of urea groups is 1. The summed E-state index contributed by atoms with van der Waals surface area (Å²) >= 11 is 0. The molecule has 0 aliphatic carbocycles. The van der Waals surface area contributed by atoms with Crippen molar-refractivity contribution >= 4 is 17.7 Å². The lowest BCUT2D eigenvalue weighted by molar-refractivity contribution is -0.137. The molecule has 0 aliphatic heterocycles. The fourth-order valence-corrected chi connectivity index (χ4v) is 1.67. The highest BCUT2D eigenvalue weighted by Gasteiger charge is 2.08. The van der Waals surface area contributed by atoms with Crippen molar-refractivity contribution in [1.29, 1.82) is 5.26 Å². The van der Waals surface area contributed by atoms with Crippen LogP contribution in [0.2, 0.25) is 0 Å². The lowest BCUT2D eigenvalue weighted by Crippen LogP contribution is -2.29. The first-order valence-electron chi connectivity index (χ1n) is 6.90. The van der Waals surface area contributed by atoms with Crippen molar-refractivity contribution in [2.75, 3.05) is 11.9 Å². The Kier molecular flexibility index (Phi) is 6.70. The standard InChI is InChI=1S/C15H19N3O4/c1-10(2)22-13-6-5-12(8-11(13)9-16)18-15(21)17-7-3-4-14(19)20/h5-6,8,10H,3-4,7H2,1-2H3,(H,19,20)(H2,17,18,21). The Morgan fingerprint density at radius 1 is 1.41 bits per heavy atom. The third-order valence-electron chi connectivity index (χ3n) is 2.57. The molecule has 1 rings (SSSR count). The highest BCUT2D eigenvalue weighted by atomic mass is 16.5. The predicted molar refractivity (Wildman–Crippen MR) is 80.8 cm³/mol. The van der Waals surface area contributed by atoms with Crippen LogP contribution in [0, 0.1) is 11.3 Å². The third-order valence-corrected chi connectivity index (χ3v) is 2.57. The van der Waals surface area contributed by atoms with E-state index in [9.17, 15) is 9.59 Å². The summed E-state index contributed by atoms with van der Waals surface area (Å²) in [7, 11) is 0. The van der Waals surface area contributed by atoms with Crippen LogP contribution in [0.25, 0.3) is 0 Å². The Morgan fingerprint density at radius 3 is 2.73 bits per heavy atom. The molecule has 0 spiro atoms. The summed E-state index contributed by atoms with van der Waals surface area (Å²) in [5.74, 6) is -0.438. The van der Waals surface area contributed by atoms with E-state index >= 15 is 0 Å². The molecular formula is C15H19N3O4. The monoisotopic (exact) mass is 305 g/mol. The molecule has 0 saturated carbocycles. The number of ether oxygens (including phenoxy) is 1. The molecule has 0 fully saturated rings. The molecule has 0 aliphatic rings. The smallest absolute Gasteiger partial charge is 0.319 e. The normalized spacial score (nSPS) is 9.91. The molecule has 7 heteroatoms. The molecule has 7 nitrogen and oxygen atoms in total. The van der Waals surface area contributed by atoms with Crippen LogP contribution in [0.4, 0.5) is 10.5 Å². The molecule has 3 N–H and O–H groups in total. The van der Waals surface area contributed by atoms with Crippen LogP contribution < -0.4 is 15.4 Å². The SMILES string of the molecule is CC(C)Oc1ccc(NC(=O)NCCCC(=O)O)cc1C#N. The van der Waals surface area contributed by atoms with Crippen molar-refractivity contribution in [3.05, 3.63) is 23.8 Å². The van der Waals surface area contributed by atoms with Gasteiger partial charge in [0.2, 0.25) is 0 Å². The van der Waals surface area contributed by atoms with E-state index < -0.39 is 12.0 Å². The Hall–Kier alpha value is -2.75. The molecule has 22 heavy (non-hydrogen) atoms. The minimum atomic E-state index is -0.901. The van der Waals surface area contributed by atoms with Gasteiger partial charge in [0.1, 0.15) is 11.8 Å². The zero-order chi connectivity index (χ0) is 16.5. The first-order chi connectivity index (χ1) is 10.4. The summed E-state index contributed by atoms with van der Waals surface area (Å²) in [6.45, 7) is 3.98. The van der Waals surface area contributed by atoms with Crippen LogP contribution in [0.5, 0.6) is 5.75 Å². The fraction of sp³-hybridized carbons (Fsp3) is 0.400. The number of anilines is 1. The second kappa shape index (κ2) is 8.52. The number of carboxylic acid groups (broad SMARTS) is 1. The largest absolute Gasteiger partial charge is 0.490 e. The molecule has 0 bridgehead atoms. The lowest BCUT2D eigenvalue weighted by atomic mass is 10.2. The van der Waals surface area contributed by atoms with Crippen molar-refractivity contribution < 1.29 is 19.4 Å². The second-order valence-electron chi connectivity index (χ2n) is 4.87. The Bertz CT molecular complexity index is 579. The van der Waals surface area contributed by atoms with Gasteiger partial charge >= 0.3 is 12.0 Å². The molecule has 1 aromatic carbocycles. The number of nitrogens with one attached hydrogen (secondary N) is 2. The van der Waals surface area contributed by atoms with E-state index in [1.54, 1.807) is 12.1 Å². The van der Waals surface area contributed by atoms with Crippen molar-refractivity contribution in [2.45, 2.75) is 32.8 Å². The number of hydrogen-bond acceptors (Lipinski definition) is 4. The number of aliphatic carboxylic acids is 1. The number of carbonyl (C=O) groups excluding carboxylic acids is 1. The second-order valence-corrected chi connectivity index (χ2v) is 4.87. The zero-order valence-electron chi connectivity index (χ0n) is 12.5. The molecule has 2 amide bonds. The average molecular weight is 305 g/mol. The van der Waals surface area contributed by atoms with E-state index in [-0.39, 0.29) is 19.1 Å². The van der Waals surface area contributed by atoms with Crippen LogP contribution in [-0.4, -0.2) is 29.8 Å². The number of amides is 2.